The molecule has 0 bridgehead atoms. The molecule has 0 fully saturated rings. The van der Waals surface area contributed by atoms with Crippen LogP contribution in [0.15, 0.2) is 41.0 Å². The summed E-state index contributed by atoms with van der Waals surface area (Å²) in [5, 5.41) is 2.90. The van der Waals surface area contributed by atoms with Gasteiger partial charge in [-0.05, 0) is 36.8 Å². The van der Waals surface area contributed by atoms with Gasteiger partial charge in [-0.15, -0.1) is 0 Å². The lowest BCUT2D eigenvalue weighted by atomic mass is 10.2. The third-order valence-electron chi connectivity index (χ3n) is 3.03. The molecule has 5 heteroatoms. The van der Waals surface area contributed by atoms with Gasteiger partial charge < -0.3 is 14.6 Å². The molecule has 0 aliphatic carbocycles. The summed E-state index contributed by atoms with van der Waals surface area (Å²) in [6.07, 6.45) is 1.87. The quantitative estimate of drug-likeness (QED) is 0.908. The van der Waals surface area contributed by atoms with Crippen molar-refractivity contribution in [1.82, 2.24) is 4.57 Å². The number of methoxy groups -OCH3 is 1. The van der Waals surface area contributed by atoms with Crippen molar-refractivity contribution in [3.63, 3.8) is 0 Å². The molecule has 106 valence electrons. The van der Waals surface area contributed by atoms with E-state index in [4.69, 9.17) is 4.74 Å². The second kappa shape index (κ2) is 6.72. The molecule has 1 amide bonds. The van der Waals surface area contributed by atoms with E-state index in [0.717, 1.165) is 15.7 Å². The smallest absolute Gasteiger partial charge is 0.272 e. The van der Waals surface area contributed by atoms with Crippen LogP contribution in [0.25, 0.3) is 0 Å². The first-order valence-corrected chi connectivity index (χ1v) is 7.12. The second-order valence-corrected chi connectivity index (χ2v) is 5.35. The van der Waals surface area contributed by atoms with Crippen LogP contribution in [-0.2, 0) is 11.3 Å². The minimum Gasteiger partial charge on any atom is -0.383 e. The van der Waals surface area contributed by atoms with Crippen LogP contribution < -0.4 is 5.32 Å². The third kappa shape index (κ3) is 3.49. The number of carbonyl (C=O) groups excluding carboxylic acids is 1. The van der Waals surface area contributed by atoms with Crippen LogP contribution in [0, 0.1) is 6.92 Å². The van der Waals surface area contributed by atoms with Crippen molar-refractivity contribution in [2.24, 2.45) is 0 Å². The van der Waals surface area contributed by atoms with Gasteiger partial charge >= 0.3 is 0 Å². The van der Waals surface area contributed by atoms with Crippen LogP contribution in [0.2, 0.25) is 0 Å². The number of benzene rings is 1. The van der Waals surface area contributed by atoms with Gasteiger partial charge in [0.2, 0.25) is 0 Å². The van der Waals surface area contributed by atoms with E-state index in [-0.39, 0.29) is 5.91 Å². The number of aromatic nitrogens is 1. The predicted octanol–water partition coefficient (Wildman–Crippen LogP) is 3.46. The molecule has 0 aliphatic heterocycles. The number of amides is 1. The van der Waals surface area contributed by atoms with Crippen molar-refractivity contribution in [1.29, 1.82) is 0 Å². The summed E-state index contributed by atoms with van der Waals surface area (Å²) >= 11 is 3.46. The van der Waals surface area contributed by atoms with Gasteiger partial charge in [-0.2, -0.15) is 0 Å². The molecular weight excluding hydrogens is 320 g/mol. The van der Waals surface area contributed by atoms with E-state index < -0.39 is 0 Å². The average molecular weight is 337 g/mol. The van der Waals surface area contributed by atoms with E-state index in [9.17, 15) is 4.79 Å². The molecule has 2 rings (SSSR count). The zero-order valence-corrected chi connectivity index (χ0v) is 13.1. The number of nitrogens with zero attached hydrogens (tertiary/aromatic N) is 1. The average Bonchev–Trinajstić information content (AvgIpc) is 2.89. The molecule has 20 heavy (non-hydrogen) atoms. The highest BCUT2D eigenvalue weighted by atomic mass is 79.9. The largest absolute Gasteiger partial charge is 0.383 e. The minimum atomic E-state index is -0.123. The van der Waals surface area contributed by atoms with E-state index >= 15 is 0 Å². The van der Waals surface area contributed by atoms with Gasteiger partial charge in [0.05, 0.1) is 6.61 Å². The molecular formula is C15H17BrN2O2. The van der Waals surface area contributed by atoms with Crippen molar-refractivity contribution in [3.05, 3.63) is 52.3 Å². The molecule has 0 aliphatic rings. The third-order valence-corrected chi connectivity index (χ3v) is 3.88. The van der Waals surface area contributed by atoms with Crippen molar-refractivity contribution in [3.8, 4) is 0 Å². The zero-order valence-electron chi connectivity index (χ0n) is 11.5. The molecule has 1 N–H and O–H groups in total. The van der Waals surface area contributed by atoms with Crippen LogP contribution in [0.4, 0.5) is 5.69 Å². The molecule has 0 spiro atoms. The fourth-order valence-corrected chi connectivity index (χ4v) is 2.25. The Labute approximate surface area is 126 Å². The number of rotatable bonds is 5. The highest BCUT2D eigenvalue weighted by Crippen LogP contribution is 2.21. The summed E-state index contributed by atoms with van der Waals surface area (Å²) in [5.41, 5.74) is 2.53. The lowest BCUT2D eigenvalue weighted by Crippen LogP contribution is -2.18. The SMILES string of the molecule is COCCn1cccc1C(=O)Nc1ccc(C)c(Br)c1. The summed E-state index contributed by atoms with van der Waals surface area (Å²) in [4.78, 5) is 12.3. The molecule has 0 unspecified atom stereocenters. The number of hydrogen-bond acceptors (Lipinski definition) is 2. The number of carbonyl (C=O) groups is 1. The summed E-state index contributed by atoms with van der Waals surface area (Å²) < 4.78 is 7.89. The summed E-state index contributed by atoms with van der Waals surface area (Å²) in [7, 11) is 1.65. The van der Waals surface area contributed by atoms with Gasteiger partial charge in [0.1, 0.15) is 5.69 Å². The van der Waals surface area contributed by atoms with Crippen molar-refractivity contribution >= 4 is 27.5 Å². The number of halogens is 1. The number of anilines is 1. The standard InChI is InChI=1S/C15H17BrN2O2/c1-11-5-6-12(10-13(11)16)17-15(19)14-4-3-7-18(14)8-9-20-2/h3-7,10H,8-9H2,1-2H3,(H,17,19). The number of aryl methyl sites for hydroxylation is 1. The van der Waals surface area contributed by atoms with Crippen LogP contribution in [0.5, 0.6) is 0 Å². The molecule has 0 saturated carbocycles. The lowest BCUT2D eigenvalue weighted by Gasteiger charge is -2.10. The molecule has 2 aromatic rings. The molecule has 0 saturated heterocycles. The van der Waals surface area contributed by atoms with Crippen molar-refractivity contribution in [2.45, 2.75) is 13.5 Å². The molecule has 0 radical (unpaired) electrons. The van der Waals surface area contributed by atoms with E-state index in [0.29, 0.717) is 18.8 Å². The molecule has 1 aromatic heterocycles. The van der Waals surface area contributed by atoms with Crippen LogP contribution in [-0.4, -0.2) is 24.2 Å². The van der Waals surface area contributed by atoms with E-state index in [2.05, 4.69) is 21.2 Å². The van der Waals surface area contributed by atoms with Crippen LogP contribution >= 0.6 is 15.9 Å². The molecule has 1 aromatic carbocycles. The second-order valence-electron chi connectivity index (χ2n) is 4.50. The Kier molecular flexibility index (Phi) is 4.98. The summed E-state index contributed by atoms with van der Waals surface area (Å²) in [6, 6.07) is 9.41. The number of hydrogen-bond donors (Lipinski definition) is 1. The van der Waals surface area contributed by atoms with Gasteiger partial charge in [0.15, 0.2) is 0 Å². The normalized spacial score (nSPS) is 10.6. The maximum Gasteiger partial charge on any atom is 0.272 e. The highest BCUT2D eigenvalue weighted by Gasteiger charge is 2.11. The van der Waals surface area contributed by atoms with Crippen LogP contribution in [0.1, 0.15) is 16.1 Å². The fraction of sp³-hybridized carbons (Fsp3) is 0.267. The Bertz CT molecular complexity index is 608. The summed E-state index contributed by atoms with van der Waals surface area (Å²) in [6.45, 7) is 3.24. The van der Waals surface area contributed by atoms with Gasteiger partial charge in [-0.1, -0.05) is 22.0 Å². The van der Waals surface area contributed by atoms with Crippen molar-refractivity contribution < 1.29 is 9.53 Å². The Morgan fingerprint density at radius 2 is 2.20 bits per heavy atom. The topological polar surface area (TPSA) is 43.3 Å². The first-order valence-electron chi connectivity index (χ1n) is 6.33. The number of ether oxygens (including phenoxy) is 1. The Morgan fingerprint density at radius 1 is 1.40 bits per heavy atom. The predicted molar refractivity (Wildman–Crippen MR) is 83.1 cm³/mol. The molecule has 4 nitrogen and oxygen atoms in total. The van der Waals surface area contributed by atoms with Gasteiger partial charge in [-0.25, -0.2) is 0 Å². The maximum atomic E-state index is 12.3. The van der Waals surface area contributed by atoms with Gasteiger partial charge in [0.25, 0.3) is 5.91 Å². The molecule has 0 atom stereocenters. The Hall–Kier alpha value is -1.59. The monoisotopic (exact) mass is 336 g/mol. The van der Waals surface area contributed by atoms with Crippen LogP contribution in [0.3, 0.4) is 0 Å². The molecule has 1 heterocycles. The zero-order chi connectivity index (χ0) is 14.5. The maximum absolute atomic E-state index is 12.3. The minimum absolute atomic E-state index is 0.123. The highest BCUT2D eigenvalue weighted by molar-refractivity contribution is 9.10. The number of nitrogens with one attached hydrogen (secondary N) is 1. The first kappa shape index (κ1) is 14.8. The van der Waals surface area contributed by atoms with E-state index in [1.807, 2.05) is 42.0 Å². The van der Waals surface area contributed by atoms with Gasteiger partial charge in [0, 0.05) is 30.0 Å². The Balaban J connectivity index is 2.11. The lowest BCUT2D eigenvalue weighted by molar-refractivity contribution is 0.101. The summed E-state index contributed by atoms with van der Waals surface area (Å²) in [5.74, 6) is -0.123. The fourth-order valence-electron chi connectivity index (χ4n) is 1.87. The van der Waals surface area contributed by atoms with E-state index in [1.54, 1.807) is 13.2 Å². The first-order chi connectivity index (χ1) is 9.61. The van der Waals surface area contributed by atoms with Gasteiger partial charge in [-0.3, -0.25) is 4.79 Å². The van der Waals surface area contributed by atoms with Crippen molar-refractivity contribution in [2.75, 3.05) is 19.0 Å². The van der Waals surface area contributed by atoms with E-state index in [1.165, 1.54) is 0 Å². The Morgan fingerprint density at radius 3 is 2.90 bits per heavy atom.